The standard InChI is InChI=1S/C17H23N3O4S/c1-10(2)14(16(22)20-17-18-5-6-25-17)19-15(21)11-7-12(23-3)9-13(8-11)24-4/h7-10,14H,5-6H2,1-4H3,(H,19,21)(H,18,20,22)/t14-/m1/s1. The van der Waals surface area contributed by atoms with Gasteiger partial charge in [0.1, 0.15) is 17.5 Å². The fraction of sp³-hybridized carbons (Fsp3) is 0.471. The minimum absolute atomic E-state index is 0.0801. The predicted molar refractivity (Wildman–Crippen MR) is 98.5 cm³/mol. The van der Waals surface area contributed by atoms with Crippen molar-refractivity contribution in [1.82, 2.24) is 10.6 Å². The van der Waals surface area contributed by atoms with Crippen LogP contribution in [0.3, 0.4) is 0 Å². The van der Waals surface area contributed by atoms with E-state index in [0.717, 1.165) is 5.75 Å². The van der Waals surface area contributed by atoms with Crippen molar-refractivity contribution in [2.75, 3.05) is 26.5 Å². The lowest BCUT2D eigenvalue weighted by Gasteiger charge is -2.21. The van der Waals surface area contributed by atoms with Crippen LogP contribution in [0.4, 0.5) is 0 Å². The van der Waals surface area contributed by atoms with Crippen LogP contribution in [-0.4, -0.2) is 49.5 Å². The van der Waals surface area contributed by atoms with E-state index in [2.05, 4.69) is 15.6 Å². The van der Waals surface area contributed by atoms with Crippen molar-refractivity contribution in [3.05, 3.63) is 23.8 Å². The van der Waals surface area contributed by atoms with Crippen LogP contribution < -0.4 is 20.1 Å². The summed E-state index contributed by atoms with van der Waals surface area (Å²) in [6.45, 7) is 4.45. The van der Waals surface area contributed by atoms with E-state index in [-0.39, 0.29) is 17.7 Å². The molecule has 1 aromatic rings. The number of rotatable bonds is 6. The van der Waals surface area contributed by atoms with Crippen LogP contribution in [0.1, 0.15) is 24.2 Å². The Bertz CT molecular complexity index is 654. The average molecular weight is 365 g/mol. The Hall–Kier alpha value is -2.22. The molecule has 1 heterocycles. The summed E-state index contributed by atoms with van der Waals surface area (Å²) in [6.07, 6.45) is 0. The third-order valence-electron chi connectivity index (χ3n) is 3.66. The van der Waals surface area contributed by atoms with Gasteiger partial charge < -0.3 is 20.1 Å². The first-order chi connectivity index (χ1) is 11.9. The zero-order valence-electron chi connectivity index (χ0n) is 14.8. The van der Waals surface area contributed by atoms with Gasteiger partial charge in [0.05, 0.1) is 20.8 Å². The molecule has 0 fully saturated rings. The first-order valence-electron chi connectivity index (χ1n) is 7.96. The first-order valence-corrected chi connectivity index (χ1v) is 8.95. The average Bonchev–Trinajstić information content (AvgIpc) is 3.11. The minimum Gasteiger partial charge on any atom is -0.497 e. The number of hydrogen-bond acceptors (Lipinski definition) is 6. The van der Waals surface area contributed by atoms with Gasteiger partial charge in [-0.15, -0.1) is 0 Å². The first kappa shape index (κ1) is 19.1. The van der Waals surface area contributed by atoms with Crippen LogP contribution in [0.5, 0.6) is 11.5 Å². The number of methoxy groups -OCH3 is 2. The fourth-order valence-corrected chi connectivity index (χ4v) is 3.02. The molecule has 0 radical (unpaired) electrons. The Balaban J connectivity index is 2.13. The van der Waals surface area contributed by atoms with E-state index < -0.39 is 6.04 Å². The zero-order chi connectivity index (χ0) is 18.4. The number of nitrogens with one attached hydrogen (secondary N) is 2. The van der Waals surface area contributed by atoms with E-state index in [1.54, 1.807) is 18.2 Å². The molecule has 1 atom stereocenters. The van der Waals surface area contributed by atoms with Gasteiger partial charge in [-0.2, -0.15) is 0 Å². The molecule has 2 amide bonds. The van der Waals surface area contributed by atoms with Gasteiger partial charge in [-0.05, 0) is 18.1 Å². The van der Waals surface area contributed by atoms with E-state index >= 15 is 0 Å². The van der Waals surface area contributed by atoms with E-state index in [1.807, 2.05) is 13.8 Å². The molecule has 2 rings (SSSR count). The number of benzene rings is 1. The molecule has 0 saturated heterocycles. The van der Waals surface area contributed by atoms with Crippen molar-refractivity contribution in [2.45, 2.75) is 19.9 Å². The Kier molecular flexibility index (Phi) is 6.69. The highest BCUT2D eigenvalue weighted by atomic mass is 32.2. The molecule has 1 aromatic carbocycles. The normalized spacial score (nSPS) is 14.7. The molecule has 8 heteroatoms. The molecule has 136 valence electrons. The van der Waals surface area contributed by atoms with Crippen molar-refractivity contribution in [3.63, 3.8) is 0 Å². The highest BCUT2D eigenvalue weighted by Gasteiger charge is 2.26. The Morgan fingerprint density at radius 1 is 1.16 bits per heavy atom. The number of amidine groups is 1. The molecule has 7 nitrogen and oxygen atoms in total. The van der Waals surface area contributed by atoms with E-state index in [9.17, 15) is 9.59 Å². The lowest BCUT2D eigenvalue weighted by atomic mass is 10.0. The Labute approximate surface area is 151 Å². The van der Waals surface area contributed by atoms with Gasteiger partial charge in [-0.1, -0.05) is 25.6 Å². The largest absolute Gasteiger partial charge is 0.497 e. The number of carbonyl (C=O) groups excluding carboxylic acids is 2. The summed E-state index contributed by atoms with van der Waals surface area (Å²) in [6, 6.07) is 4.21. The maximum absolute atomic E-state index is 12.6. The Morgan fingerprint density at radius 3 is 2.28 bits per heavy atom. The summed E-state index contributed by atoms with van der Waals surface area (Å²) in [5, 5.41) is 6.16. The number of carbonyl (C=O) groups is 2. The SMILES string of the molecule is COc1cc(OC)cc(C(=O)N[C@@H](C(=O)NC2=NCCS2)C(C)C)c1. The van der Waals surface area contributed by atoms with Gasteiger partial charge in [-0.3, -0.25) is 14.6 Å². The molecule has 0 unspecified atom stereocenters. The molecule has 0 aromatic heterocycles. The van der Waals surface area contributed by atoms with E-state index in [0.29, 0.717) is 28.8 Å². The summed E-state index contributed by atoms with van der Waals surface area (Å²) in [7, 11) is 3.03. The molecule has 1 aliphatic rings. The quantitative estimate of drug-likeness (QED) is 0.801. The van der Waals surface area contributed by atoms with Gasteiger partial charge in [-0.25, -0.2) is 0 Å². The number of hydrogen-bond donors (Lipinski definition) is 2. The third kappa shape index (κ3) is 5.12. The predicted octanol–water partition coefficient (Wildman–Crippen LogP) is 1.68. The molecule has 2 N–H and O–H groups in total. The molecule has 1 aliphatic heterocycles. The number of ether oxygens (including phenoxy) is 2. The van der Waals surface area contributed by atoms with Crippen molar-refractivity contribution in [3.8, 4) is 11.5 Å². The van der Waals surface area contributed by atoms with Crippen LogP contribution in [0.25, 0.3) is 0 Å². The number of thioether (sulfide) groups is 1. The lowest BCUT2D eigenvalue weighted by molar-refractivity contribution is -0.122. The minimum atomic E-state index is -0.673. The summed E-state index contributed by atoms with van der Waals surface area (Å²) in [5.41, 5.74) is 0.363. The smallest absolute Gasteiger partial charge is 0.252 e. The summed E-state index contributed by atoms with van der Waals surface area (Å²) < 4.78 is 10.4. The van der Waals surface area contributed by atoms with E-state index in [4.69, 9.17) is 9.47 Å². The molecule has 25 heavy (non-hydrogen) atoms. The highest BCUT2D eigenvalue weighted by molar-refractivity contribution is 8.14. The van der Waals surface area contributed by atoms with Gasteiger partial charge >= 0.3 is 0 Å². The van der Waals surface area contributed by atoms with Gasteiger partial charge in [0.25, 0.3) is 5.91 Å². The van der Waals surface area contributed by atoms with Gasteiger partial charge in [0, 0.05) is 17.4 Å². The highest BCUT2D eigenvalue weighted by Crippen LogP contribution is 2.22. The molecule has 0 aliphatic carbocycles. The molecule has 0 saturated carbocycles. The van der Waals surface area contributed by atoms with Crippen LogP contribution in [0.15, 0.2) is 23.2 Å². The number of amides is 2. The molecular weight excluding hydrogens is 342 g/mol. The molecular formula is C17H23N3O4S. The van der Waals surface area contributed by atoms with E-state index in [1.165, 1.54) is 26.0 Å². The summed E-state index contributed by atoms with van der Waals surface area (Å²) in [5.74, 6) is 1.15. The fourth-order valence-electron chi connectivity index (χ4n) is 2.29. The van der Waals surface area contributed by atoms with Gasteiger partial charge in [0.2, 0.25) is 5.91 Å². The van der Waals surface area contributed by atoms with Crippen LogP contribution in [0.2, 0.25) is 0 Å². The second kappa shape index (κ2) is 8.75. The van der Waals surface area contributed by atoms with Crippen LogP contribution in [-0.2, 0) is 4.79 Å². The van der Waals surface area contributed by atoms with Crippen LogP contribution in [0, 0.1) is 5.92 Å². The Morgan fingerprint density at radius 2 is 1.80 bits per heavy atom. The second-order valence-corrected chi connectivity index (χ2v) is 6.90. The summed E-state index contributed by atoms with van der Waals surface area (Å²) >= 11 is 1.50. The van der Waals surface area contributed by atoms with Crippen molar-refractivity contribution < 1.29 is 19.1 Å². The summed E-state index contributed by atoms with van der Waals surface area (Å²) in [4.78, 5) is 29.3. The van der Waals surface area contributed by atoms with Crippen molar-refractivity contribution in [2.24, 2.45) is 10.9 Å². The van der Waals surface area contributed by atoms with Crippen LogP contribution >= 0.6 is 11.8 Å². The maximum Gasteiger partial charge on any atom is 0.252 e. The lowest BCUT2D eigenvalue weighted by Crippen LogP contribution is -2.50. The third-order valence-corrected chi connectivity index (χ3v) is 4.56. The van der Waals surface area contributed by atoms with Crippen molar-refractivity contribution >= 4 is 28.7 Å². The van der Waals surface area contributed by atoms with Gasteiger partial charge in [0.15, 0.2) is 5.17 Å². The second-order valence-electron chi connectivity index (χ2n) is 5.82. The molecule has 0 spiro atoms. The monoisotopic (exact) mass is 365 g/mol. The maximum atomic E-state index is 12.6. The van der Waals surface area contributed by atoms with Crippen molar-refractivity contribution in [1.29, 1.82) is 0 Å². The topological polar surface area (TPSA) is 89.0 Å². The number of aliphatic imine (C=N–C) groups is 1. The number of nitrogens with zero attached hydrogens (tertiary/aromatic N) is 1. The molecule has 0 bridgehead atoms. The zero-order valence-corrected chi connectivity index (χ0v) is 15.6.